The second-order valence-corrected chi connectivity index (χ2v) is 8.22. The van der Waals surface area contributed by atoms with Gasteiger partial charge in [-0.05, 0) is 43.0 Å². The standard InChI is InChI=1S/C25H31N3O3/c1-3-19(4-2)26-25(30)23-17-27(21-11-7-8-12-22(21)31-23)15-14-24(29)28-16-13-18-9-5-6-10-20(18)28/h5-12,19,23H,3-4,13-17H2,1-2H3,(H,26,30). The molecule has 164 valence electrons. The molecule has 0 fully saturated rings. The van der Waals surface area contributed by atoms with Crippen molar-refractivity contribution in [2.24, 2.45) is 0 Å². The van der Waals surface area contributed by atoms with Crippen molar-refractivity contribution in [2.75, 3.05) is 29.4 Å². The topological polar surface area (TPSA) is 61.9 Å². The molecule has 0 aliphatic carbocycles. The molecule has 6 heteroatoms. The lowest BCUT2D eigenvalue weighted by molar-refractivity contribution is -0.128. The summed E-state index contributed by atoms with van der Waals surface area (Å²) < 4.78 is 6.02. The van der Waals surface area contributed by atoms with Gasteiger partial charge >= 0.3 is 0 Å². The van der Waals surface area contributed by atoms with Crippen LogP contribution in [0.4, 0.5) is 11.4 Å². The normalized spacial score (nSPS) is 17.2. The highest BCUT2D eigenvalue weighted by molar-refractivity contribution is 5.95. The third-order valence-electron chi connectivity index (χ3n) is 6.27. The molecule has 4 rings (SSSR count). The number of nitrogens with one attached hydrogen (secondary N) is 1. The van der Waals surface area contributed by atoms with E-state index in [1.165, 1.54) is 5.56 Å². The molecular formula is C25H31N3O3. The van der Waals surface area contributed by atoms with Crippen LogP contribution in [0.25, 0.3) is 0 Å². The summed E-state index contributed by atoms with van der Waals surface area (Å²) in [5.74, 6) is 0.720. The third kappa shape index (κ3) is 4.53. The van der Waals surface area contributed by atoms with E-state index in [1.54, 1.807) is 0 Å². The van der Waals surface area contributed by atoms with Crippen LogP contribution in [0.3, 0.4) is 0 Å². The molecule has 0 radical (unpaired) electrons. The van der Waals surface area contributed by atoms with E-state index in [4.69, 9.17) is 4.74 Å². The van der Waals surface area contributed by atoms with Crippen molar-refractivity contribution < 1.29 is 14.3 Å². The minimum atomic E-state index is -0.585. The van der Waals surface area contributed by atoms with Crippen LogP contribution in [0, 0.1) is 0 Å². The van der Waals surface area contributed by atoms with Crippen molar-refractivity contribution in [3.05, 3.63) is 54.1 Å². The van der Waals surface area contributed by atoms with E-state index in [-0.39, 0.29) is 17.9 Å². The number of fused-ring (bicyclic) bond motifs is 2. The van der Waals surface area contributed by atoms with E-state index in [2.05, 4.69) is 30.1 Å². The summed E-state index contributed by atoms with van der Waals surface area (Å²) in [6.07, 6.45) is 2.49. The summed E-state index contributed by atoms with van der Waals surface area (Å²) in [5.41, 5.74) is 3.19. The zero-order valence-corrected chi connectivity index (χ0v) is 18.3. The fraction of sp³-hybridized carbons (Fsp3) is 0.440. The molecule has 0 bridgehead atoms. The summed E-state index contributed by atoms with van der Waals surface area (Å²) in [4.78, 5) is 29.8. The van der Waals surface area contributed by atoms with Gasteiger partial charge in [0.05, 0.1) is 12.2 Å². The SMILES string of the molecule is CCC(CC)NC(=O)C1CN(CCC(=O)N2CCc3ccccc32)c2ccccc2O1. The number of anilines is 2. The van der Waals surface area contributed by atoms with Crippen molar-refractivity contribution >= 4 is 23.2 Å². The number of nitrogens with zero attached hydrogens (tertiary/aromatic N) is 2. The molecule has 1 unspecified atom stereocenters. The first-order chi connectivity index (χ1) is 15.1. The second-order valence-electron chi connectivity index (χ2n) is 8.22. The van der Waals surface area contributed by atoms with Crippen LogP contribution in [0.5, 0.6) is 5.75 Å². The average molecular weight is 422 g/mol. The number of hydrogen-bond acceptors (Lipinski definition) is 4. The molecule has 2 amide bonds. The van der Waals surface area contributed by atoms with Gasteiger partial charge in [0.25, 0.3) is 5.91 Å². The highest BCUT2D eigenvalue weighted by atomic mass is 16.5. The third-order valence-corrected chi connectivity index (χ3v) is 6.27. The predicted molar refractivity (Wildman–Crippen MR) is 123 cm³/mol. The number of ether oxygens (including phenoxy) is 1. The molecule has 0 saturated carbocycles. The fourth-order valence-corrected chi connectivity index (χ4v) is 4.41. The van der Waals surface area contributed by atoms with Crippen molar-refractivity contribution in [1.82, 2.24) is 5.32 Å². The average Bonchev–Trinajstić information content (AvgIpc) is 3.24. The van der Waals surface area contributed by atoms with Crippen molar-refractivity contribution in [1.29, 1.82) is 0 Å². The molecule has 2 aliphatic heterocycles. The van der Waals surface area contributed by atoms with Crippen LogP contribution in [0.15, 0.2) is 48.5 Å². The fourth-order valence-electron chi connectivity index (χ4n) is 4.41. The second kappa shape index (κ2) is 9.41. The van der Waals surface area contributed by atoms with E-state index in [9.17, 15) is 9.59 Å². The Labute approximate surface area is 184 Å². The van der Waals surface area contributed by atoms with E-state index in [0.717, 1.165) is 37.2 Å². The van der Waals surface area contributed by atoms with Crippen LogP contribution in [-0.2, 0) is 16.0 Å². The lowest BCUT2D eigenvalue weighted by atomic mass is 10.1. The van der Waals surface area contributed by atoms with Gasteiger partial charge < -0.3 is 19.9 Å². The number of hydrogen-bond donors (Lipinski definition) is 1. The Morgan fingerprint density at radius 1 is 1.06 bits per heavy atom. The molecule has 1 N–H and O–H groups in total. The molecule has 2 aromatic rings. The quantitative estimate of drug-likeness (QED) is 0.743. The monoisotopic (exact) mass is 421 g/mol. The summed E-state index contributed by atoms with van der Waals surface area (Å²) in [5, 5.41) is 3.09. The van der Waals surface area contributed by atoms with Gasteiger partial charge in [-0.3, -0.25) is 9.59 Å². The van der Waals surface area contributed by atoms with E-state index in [1.807, 2.05) is 47.4 Å². The zero-order valence-electron chi connectivity index (χ0n) is 18.3. The number of carbonyl (C=O) groups is 2. The Balaban J connectivity index is 1.44. The molecule has 6 nitrogen and oxygen atoms in total. The highest BCUT2D eigenvalue weighted by Gasteiger charge is 2.32. The highest BCUT2D eigenvalue weighted by Crippen LogP contribution is 2.34. The lowest BCUT2D eigenvalue weighted by Gasteiger charge is -2.36. The first kappa shape index (κ1) is 21.2. The van der Waals surface area contributed by atoms with Gasteiger partial charge in [-0.15, -0.1) is 0 Å². The minimum absolute atomic E-state index is 0.0898. The van der Waals surface area contributed by atoms with E-state index < -0.39 is 6.10 Å². The van der Waals surface area contributed by atoms with Gasteiger partial charge in [-0.2, -0.15) is 0 Å². The predicted octanol–water partition coefficient (Wildman–Crippen LogP) is 3.54. The van der Waals surface area contributed by atoms with Crippen LogP contribution in [0.2, 0.25) is 0 Å². The molecule has 31 heavy (non-hydrogen) atoms. The van der Waals surface area contributed by atoms with Crippen LogP contribution in [0.1, 0.15) is 38.7 Å². The Kier molecular flexibility index (Phi) is 6.44. The minimum Gasteiger partial charge on any atom is -0.477 e. The van der Waals surface area contributed by atoms with Gasteiger partial charge in [0.2, 0.25) is 5.91 Å². The van der Waals surface area contributed by atoms with Gasteiger partial charge in [-0.25, -0.2) is 0 Å². The van der Waals surface area contributed by atoms with E-state index in [0.29, 0.717) is 25.3 Å². The molecule has 2 aliphatic rings. The maximum Gasteiger partial charge on any atom is 0.263 e. The number of carbonyl (C=O) groups excluding carboxylic acids is 2. The molecule has 1 atom stereocenters. The summed E-state index contributed by atoms with van der Waals surface area (Å²) in [6.45, 7) is 5.86. The number of benzene rings is 2. The number of rotatable bonds is 7. The molecular weight excluding hydrogens is 390 g/mol. The van der Waals surface area contributed by atoms with Gasteiger partial charge in [0, 0.05) is 31.2 Å². The van der Waals surface area contributed by atoms with Gasteiger partial charge in [-0.1, -0.05) is 44.2 Å². The number of amides is 2. The van der Waals surface area contributed by atoms with Crippen molar-refractivity contribution in [2.45, 2.75) is 51.7 Å². The Bertz CT molecular complexity index is 941. The summed E-state index contributed by atoms with van der Waals surface area (Å²) >= 11 is 0. The van der Waals surface area contributed by atoms with Crippen LogP contribution >= 0.6 is 0 Å². The molecule has 0 saturated heterocycles. The van der Waals surface area contributed by atoms with Gasteiger partial charge in [0.15, 0.2) is 6.10 Å². The first-order valence-electron chi connectivity index (χ1n) is 11.3. The van der Waals surface area contributed by atoms with Crippen molar-refractivity contribution in [3.8, 4) is 5.75 Å². The summed E-state index contributed by atoms with van der Waals surface area (Å²) in [6, 6.07) is 16.0. The van der Waals surface area contributed by atoms with E-state index >= 15 is 0 Å². The molecule has 0 spiro atoms. The Morgan fingerprint density at radius 3 is 2.55 bits per heavy atom. The molecule has 2 heterocycles. The van der Waals surface area contributed by atoms with Crippen LogP contribution < -0.4 is 19.9 Å². The maximum atomic E-state index is 13.0. The summed E-state index contributed by atoms with van der Waals surface area (Å²) in [7, 11) is 0. The maximum absolute atomic E-state index is 13.0. The Hall–Kier alpha value is -3.02. The van der Waals surface area contributed by atoms with Crippen molar-refractivity contribution in [3.63, 3.8) is 0 Å². The Morgan fingerprint density at radius 2 is 1.77 bits per heavy atom. The zero-order chi connectivity index (χ0) is 21.8. The molecule has 0 aromatic heterocycles. The first-order valence-corrected chi connectivity index (χ1v) is 11.3. The largest absolute Gasteiger partial charge is 0.477 e. The number of para-hydroxylation sites is 3. The smallest absolute Gasteiger partial charge is 0.263 e. The van der Waals surface area contributed by atoms with Crippen LogP contribution in [-0.4, -0.2) is 43.6 Å². The van der Waals surface area contributed by atoms with Gasteiger partial charge in [0.1, 0.15) is 5.75 Å². The molecule has 2 aromatic carbocycles. The lowest BCUT2D eigenvalue weighted by Crippen LogP contribution is -2.51.